The van der Waals surface area contributed by atoms with Gasteiger partial charge in [0.1, 0.15) is 11.5 Å². The number of likely N-dealkylation sites (N-methyl/N-ethyl adjacent to an activating group) is 1. The van der Waals surface area contributed by atoms with Gasteiger partial charge < -0.3 is 14.6 Å². The number of hydrogen-bond donors (Lipinski definition) is 1. The molecule has 2 aromatic rings. The topological polar surface area (TPSA) is 62.6 Å². The number of furan rings is 1. The Morgan fingerprint density at radius 2 is 1.91 bits per heavy atom. The Kier molecular flexibility index (Phi) is 3.32. The minimum Gasteiger partial charge on any atom is -0.466 e. The minimum absolute atomic E-state index is 0.0530. The van der Waals surface area contributed by atoms with E-state index in [0.29, 0.717) is 22.8 Å². The Hall–Kier alpha value is -2.56. The van der Waals surface area contributed by atoms with Crippen LogP contribution >= 0.6 is 0 Å². The lowest BCUT2D eigenvalue weighted by Crippen LogP contribution is -2.33. The number of amides is 2. The number of rotatable bonds is 2. The lowest BCUT2D eigenvalue weighted by Gasteiger charge is -2.16. The first-order valence-electron chi connectivity index (χ1n) is 7.53. The number of nitrogens with one attached hydrogen (secondary N) is 1. The molecule has 0 radical (unpaired) electrons. The lowest BCUT2D eigenvalue weighted by atomic mass is 9.86. The van der Waals surface area contributed by atoms with Crippen molar-refractivity contribution in [2.24, 2.45) is 0 Å². The molecule has 0 unspecified atom stereocenters. The molecule has 2 amide bonds. The van der Waals surface area contributed by atoms with Gasteiger partial charge >= 0.3 is 0 Å². The van der Waals surface area contributed by atoms with E-state index in [1.165, 1.54) is 0 Å². The van der Waals surface area contributed by atoms with Gasteiger partial charge in [-0.05, 0) is 57.5 Å². The van der Waals surface area contributed by atoms with Crippen LogP contribution in [0.5, 0.6) is 0 Å². The summed E-state index contributed by atoms with van der Waals surface area (Å²) >= 11 is 0. The van der Waals surface area contributed by atoms with Crippen molar-refractivity contribution in [3.05, 3.63) is 46.9 Å². The Morgan fingerprint density at radius 3 is 2.52 bits per heavy atom. The zero-order chi connectivity index (χ0) is 16.9. The Morgan fingerprint density at radius 1 is 1.22 bits per heavy atom. The van der Waals surface area contributed by atoms with E-state index in [9.17, 15) is 9.59 Å². The van der Waals surface area contributed by atoms with Crippen molar-refractivity contribution in [2.75, 3.05) is 17.3 Å². The van der Waals surface area contributed by atoms with E-state index < -0.39 is 5.41 Å². The van der Waals surface area contributed by atoms with Crippen molar-refractivity contribution in [1.29, 1.82) is 0 Å². The Balaban J connectivity index is 1.92. The summed E-state index contributed by atoms with van der Waals surface area (Å²) in [4.78, 5) is 26.4. The predicted octanol–water partition coefficient (Wildman–Crippen LogP) is 3.40. The molecule has 1 aliphatic rings. The summed E-state index contributed by atoms with van der Waals surface area (Å²) in [5.41, 5.74) is 2.40. The molecule has 120 valence electrons. The SMILES string of the molecule is Cc1cc(C(=O)Nc2ccc3c(c2)C(C)(C)C(=O)N3C)c(C)o1. The first kappa shape index (κ1) is 15.3. The van der Waals surface area contributed by atoms with Crippen LogP contribution in [0.1, 0.15) is 41.3 Å². The minimum atomic E-state index is -0.590. The van der Waals surface area contributed by atoms with Crippen LogP contribution in [0.2, 0.25) is 0 Å². The van der Waals surface area contributed by atoms with E-state index >= 15 is 0 Å². The molecule has 23 heavy (non-hydrogen) atoms. The normalized spacial score (nSPS) is 15.7. The highest BCUT2D eigenvalue weighted by Crippen LogP contribution is 2.41. The van der Waals surface area contributed by atoms with E-state index in [2.05, 4.69) is 5.32 Å². The standard InChI is InChI=1S/C18H20N2O3/c1-10-8-13(11(2)23-10)16(21)19-12-6-7-15-14(9-12)18(3,4)17(22)20(15)5/h6-9H,1-5H3,(H,19,21). The smallest absolute Gasteiger partial charge is 0.259 e. The van der Waals surface area contributed by atoms with Gasteiger partial charge in [-0.1, -0.05) is 0 Å². The van der Waals surface area contributed by atoms with Crippen LogP contribution in [-0.4, -0.2) is 18.9 Å². The van der Waals surface area contributed by atoms with Crippen molar-refractivity contribution in [1.82, 2.24) is 0 Å². The molecule has 0 fully saturated rings. The number of hydrogen-bond acceptors (Lipinski definition) is 3. The van der Waals surface area contributed by atoms with Gasteiger partial charge in [-0.3, -0.25) is 9.59 Å². The van der Waals surface area contributed by atoms with E-state index in [-0.39, 0.29) is 11.8 Å². The van der Waals surface area contributed by atoms with Crippen LogP contribution < -0.4 is 10.2 Å². The number of benzene rings is 1. The summed E-state index contributed by atoms with van der Waals surface area (Å²) in [6.45, 7) is 7.37. The van der Waals surface area contributed by atoms with Gasteiger partial charge in [0, 0.05) is 18.4 Å². The van der Waals surface area contributed by atoms with Gasteiger partial charge in [-0.2, -0.15) is 0 Å². The van der Waals surface area contributed by atoms with Crippen molar-refractivity contribution in [2.45, 2.75) is 33.1 Å². The molecule has 0 saturated heterocycles. The Labute approximate surface area is 135 Å². The summed E-state index contributed by atoms with van der Waals surface area (Å²) in [6, 6.07) is 7.27. The van der Waals surface area contributed by atoms with Crippen LogP contribution in [0, 0.1) is 13.8 Å². The second kappa shape index (κ2) is 4.98. The molecule has 5 nitrogen and oxygen atoms in total. The summed E-state index contributed by atoms with van der Waals surface area (Å²) < 4.78 is 5.40. The maximum atomic E-state index is 12.4. The van der Waals surface area contributed by atoms with Gasteiger partial charge in [-0.15, -0.1) is 0 Å². The van der Waals surface area contributed by atoms with Gasteiger partial charge in [-0.25, -0.2) is 0 Å². The third kappa shape index (κ3) is 2.32. The van der Waals surface area contributed by atoms with E-state index in [1.54, 1.807) is 24.9 Å². The largest absolute Gasteiger partial charge is 0.466 e. The second-order valence-corrected chi connectivity index (χ2v) is 6.50. The summed E-state index contributed by atoms with van der Waals surface area (Å²) in [7, 11) is 1.77. The zero-order valence-electron chi connectivity index (χ0n) is 14.0. The van der Waals surface area contributed by atoms with E-state index in [1.807, 2.05) is 39.0 Å². The van der Waals surface area contributed by atoms with Crippen LogP contribution in [0.3, 0.4) is 0 Å². The van der Waals surface area contributed by atoms with Crippen LogP contribution in [0.15, 0.2) is 28.7 Å². The van der Waals surface area contributed by atoms with E-state index in [4.69, 9.17) is 4.42 Å². The van der Waals surface area contributed by atoms with E-state index in [0.717, 1.165) is 11.3 Å². The maximum absolute atomic E-state index is 12.4. The highest BCUT2D eigenvalue weighted by atomic mass is 16.3. The quantitative estimate of drug-likeness (QED) is 0.924. The number of aryl methyl sites for hydroxylation is 2. The van der Waals surface area contributed by atoms with Crippen molar-refractivity contribution in [3.63, 3.8) is 0 Å². The fourth-order valence-electron chi connectivity index (χ4n) is 3.11. The molecule has 0 saturated carbocycles. The number of carbonyl (C=O) groups excluding carboxylic acids is 2. The molecule has 1 aromatic carbocycles. The maximum Gasteiger partial charge on any atom is 0.259 e. The fourth-order valence-corrected chi connectivity index (χ4v) is 3.11. The molecule has 0 aliphatic carbocycles. The predicted molar refractivity (Wildman–Crippen MR) is 89.0 cm³/mol. The van der Waals surface area contributed by atoms with Crippen molar-refractivity contribution in [3.8, 4) is 0 Å². The number of anilines is 2. The first-order valence-corrected chi connectivity index (χ1v) is 7.53. The number of nitrogens with zero attached hydrogens (tertiary/aromatic N) is 1. The van der Waals surface area contributed by atoms with Gasteiger partial charge in [0.25, 0.3) is 5.91 Å². The number of fused-ring (bicyclic) bond motifs is 1. The number of carbonyl (C=O) groups is 2. The molecule has 1 aromatic heterocycles. The molecular weight excluding hydrogens is 292 g/mol. The molecule has 3 rings (SSSR count). The molecule has 1 aliphatic heterocycles. The third-order valence-electron chi connectivity index (χ3n) is 4.41. The molecule has 0 bridgehead atoms. The summed E-state index contributed by atoms with van der Waals surface area (Å²) in [5.74, 6) is 1.14. The van der Waals surface area contributed by atoms with Gasteiger partial charge in [0.05, 0.1) is 11.0 Å². The van der Waals surface area contributed by atoms with Gasteiger partial charge in [0.2, 0.25) is 5.91 Å². The molecular formula is C18H20N2O3. The average Bonchev–Trinajstić information content (AvgIpc) is 2.91. The zero-order valence-corrected chi connectivity index (χ0v) is 14.0. The molecule has 1 N–H and O–H groups in total. The molecule has 5 heteroatoms. The molecule has 0 atom stereocenters. The monoisotopic (exact) mass is 312 g/mol. The summed E-state index contributed by atoms with van der Waals surface area (Å²) in [6.07, 6.45) is 0. The first-order chi connectivity index (χ1) is 10.7. The second-order valence-electron chi connectivity index (χ2n) is 6.50. The van der Waals surface area contributed by atoms with Crippen LogP contribution in [-0.2, 0) is 10.2 Å². The highest BCUT2D eigenvalue weighted by Gasteiger charge is 2.42. The fraction of sp³-hybridized carbons (Fsp3) is 0.333. The molecule has 2 heterocycles. The van der Waals surface area contributed by atoms with Crippen LogP contribution in [0.4, 0.5) is 11.4 Å². The third-order valence-corrected chi connectivity index (χ3v) is 4.41. The lowest BCUT2D eigenvalue weighted by molar-refractivity contribution is -0.121. The molecule has 0 spiro atoms. The summed E-state index contributed by atoms with van der Waals surface area (Å²) in [5, 5.41) is 2.88. The van der Waals surface area contributed by atoms with Gasteiger partial charge in [0.15, 0.2) is 0 Å². The average molecular weight is 312 g/mol. The Bertz CT molecular complexity index is 818. The van der Waals surface area contributed by atoms with Crippen LogP contribution in [0.25, 0.3) is 0 Å². The van der Waals surface area contributed by atoms with Crippen molar-refractivity contribution < 1.29 is 14.0 Å². The van der Waals surface area contributed by atoms with Crippen molar-refractivity contribution >= 4 is 23.2 Å². The highest BCUT2D eigenvalue weighted by molar-refractivity contribution is 6.09.